The summed E-state index contributed by atoms with van der Waals surface area (Å²) in [5, 5.41) is 7.54. The van der Waals surface area contributed by atoms with E-state index in [0.29, 0.717) is 0 Å². The summed E-state index contributed by atoms with van der Waals surface area (Å²) in [7, 11) is 0. The fourth-order valence-electron chi connectivity index (χ4n) is 2.30. The van der Waals surface area contributed by atoms with Crippen LogP contribution >= 0.6 is 0 Å². The van der Waals surface area contributed by atoms with E-state index in [9.17, 15) is 0 Å². The van der Waals surface area contributed by atoms with Crippen molar-refractivity contribution < 1.29 is 0 Å². The highest BCUT2D eigenvalue weighted by Crippen LogP contribution is 2.32. The summed E-state index contributed by atoms with van der Waals surface area (Å²) in [6.07, 6.45) is 3.61. The van der Waals surface area contributed by atoms with E-state index in [0.717, 1.165) is 28.1 Å². The predicted molar refractivity (Wildman–Crippen MR) is 76.7 cm³/mol. The first-order valence-electron chi connectivity index (χ1n) is 6.28. The maximum atomic E-state index is 4.46. The van der Waals surface area contributed by atoms with Gasteiger partial charge in [-0.05, 0) is 37.6 Å². The van der Waals surface area contributed by atoms with Gasteiger partial charge in [0, 0.05) is 29.2 Å². The van der Waals surface area contributed by atoms with Gasteiger partial charge in [-0.25, -0.2) is 0 Å². The van der Waals surface area contributed by atoms with Crippen molar-refractivity contribution in [1.82, 2.24) is 15.2 Å². The van der Waals surface area contributed by atoms with Crippen LogP contribution in [-0.2, 0) is 0 Å². The van der Waals surface area contributed by atoms with Gasteiger partial charge in [-0.1, -0.05) is 23.8 Å². The molecule has 19 heavy (non-hydrogen) atoms. The van der Waals surface area contributed by atoms with Crippen LogP contribution in [0.5, 0.6) is 0 Å². The first kappa shape index (κ1) is 11.7. The molecule has 0 radical (unpaired) electrons. The molecule has 0 unspecified atom stereocenters. The minimum Gasteiger partial charge on any atom is -0.282 e. The number of aryl methyl sites for hydroxylation is 2. The van der Waals surface area contributed by atoms with Crippen LogP contribution in [0.4, 0.5) is 0 Å². The first-order chi connectivity index (χ1) is 9.25. The molecule has 0 saturated carbocycles. The Morgan fingerprint density at radius 3 is 2.47 bits per heavy atom. The molecule has 94 valence electrons. The number of nitrogens with one attached hydrogen (secondary N) is 1. The average molecular weight is 249 g/mol. The molecule has 0 fully saturated rings. The van der Waals surface area contributed by atoms with Gasteiger partial charge in [-0.3, -0.25) is 10.1 Å². The van der Waals surface area contributed by atoms with E-state index in [2.05, 4.69) is 46.4 Å². The van der Waals surface area contributed by atoms with E-state index in [1.807, 2.05) is 31.5 Å². The summed E-state index contributed by atoms with van der Waals surface area (Å²) in [4.78, 5) is 4.07. The Balaban J connectivity index is 2.19. The average Bonchev–Trinajstić information content (AvgIpc) is 2.82. The Hall–Kier alpha value is -2.42. The van der Waals surface area contributed by atoms with Gasteiger partial charge in [0.2, 0.25) is 0 Å². The maximum Gasteiger partial charge on any atom is 0.100 e. The van der Waals surface area contributed by atoms with E-state index in [1.165, 1.54) is 5.56 Å². The summed E-state index contributed by atoms with van der Waals surface area (Å²) >= 11 is 0. The van der Waals surface area contributed by atoms with Gasteiger partial charge in [0.05, 0.1) is 0 Å². The van der Waals surface area contributed by atoms with Crippen LogP contribution in [0.15, 0.2) is 48.8 Å². The number of aromatic nitrogens is 3. The Bertz CT molecular complexity index is 699. The van der Waals surface area contributed by atoms with Crippen molar-refractivity contribution in [2.45, 2.75) is 13.8 Å². The molecule has 0 aliphatic rings. The van der Waals surface area contributed by atoms with Gasteiger partial charge < -0.3 is 0 Å². The number of aromatic amines is 1. The highest BCUT2D eigenvalue weighted by atomic mass is 15.1. The van der Waals surface area contributed by atoms with E-state index >= 15 is 0 Å². The highest BCUT2D eigenvalue weighted by Gasteiger charge is 2.13. The molecule has 0 aliphatic carbocycles. The van der Waals surface area contributed by atoms with Gasteiger partial charge in [-0.15, -0.1) is 0 Å². The molecule has 0 atom stereocenters. The number of nitrogens with zero attached hydrogens (tertiary/aromatic N) is 2. The molecule has 3 nitrogen and oxygen atoms in total. The summed E-state index contributed by atoms with van der Waals surface area (Å²) in [5.41, 5.74) is 6.72. The molecule has 3 rings (SSSR count). The van der Waals surface area contributed by atoms with Gasteiger partial charge in [0.15, 0.2) is 0 Å². The van der Waals surface area contributed by atoms with Gasteiger partial charge in [0.25, 0.3) is 0 Å². The Kier molecular flexibility index (Phi) is 2.88. The van der Waals surface area contributed by atoms with Crippen molar-refractivity contribution >= 4 is 0 Å². The quantitative estimate of drug-likeness (QED) is 0.751. The van der Waals surface area contributed by atoms with Crippen molar-refractivity contribution in [3.05, 3.63) is 60.0 Å². The molecule has 1 N–H and O–H groups in total. The molecule has 0 saturated heterocycles. The minimum absolute atomic E-state index is 0.993. The third kappa shape index (κ3) is 2.15. The summed E-state index contributed by atoms with van der Waals surface area (Å²) in [5.74, 6) is 0. The SMILES string of the molecule is Cc1cccc(-c2n[nH]c(C)c2-c2ccncc2)c1. The second-order valence-corrected chi connectivity index (χ2v) is 4.68. The second kappa shape index (κ2) is 4.69. The fraction of sp³-hybridized carbons (Fsp3) is 0.125. The smallest absolute Gasteiger partial charge is 0.100 e. The van der Waals surface area contributed by atoms with Crippen LogP contribution in [0.3, 0.4) is 0 Å². The molecular weight excluding hydrogens is 234 g/mol. The molecule has 0 bridgehead atoms. The number of hydrogen-bond acceptors (Lipinski definition) is 2. The third-order valence-electron chi connectivity index (χ3n) is 3.21. The third-order valence-corrected chi connectivity index (χ3v) is 3.21. The molecule has 2 aromatic heterocycles. The molecule has 1 aromatic carbocycles. The Labute approximate surface area is 112 Å². The van der Waals surface area contributed by atoms with E-state index in [1.54, 1.807) is 0 Å². The van der Waals surface area contributed by atoms with Crippen LogP contribution in [-0.4, -0.2) is 15.2 Å². The number of benzene rings is 1. The number of rotatable bonds is 2. The topological polar surface area (TPSA) is 41.6 Å². The maximum absolute atomic E-state index is 4.46. The molecular formula is C16H15N3. The zero-order valence-corrected chi connectivity index (χ0v) is 11.0. The van der Waals surface area contributed by atoms with Crippen molar-refractivity contribution in [3.8, 4) is 22.4 Å². The largest absolute Gasteiger partial charge is 0.282 e. The summed E-state index contributed by atoms with van der Waals surface area (Å²) in [6.45, 7) is 4.14. The van der Waals surface area contributed by atoms with E-state index in [-0.39, 0.29) is 0 Å². The lowest BCUT2D eigenvalue weighted by atomic mass is 9.99. The van der Waals surface area contributed by atoms with Crippen molar-refractivity contribution in [1.29, 1.82) is 0 Å². The van der Waals surface area contributed by atoms with Crippen LogP contribution in [0, 0.1) is 13.8 Å². The molecule has 0 amide bonds. The van der Waals surface area contributed by atoms with Gasteiger partial charge in [0.1, 0.15) is 5.69 Å². The Morgan fingerprint density at radius 2 is 1.74 bits per heavy atom. The molecule has 0 spiro atoms. The first-order valence-corrected chi connectivity index (χ1v) is 6.28. The number of hydrogen-bond donors (Lipinski definition) is 1. The van der Waals surface area contributed by atoms with Crippen LogP contribution in [0.1, 0.15) is 11.3 Å². The van der Waals surface area contributed by atoms with Crippen molar-refractivity contribution in [3.63, 3.8) is 0 Å². The molecule has 3 aromatic rings. The van der Waals surface area contributed by atoms with Gasteiger partial charge >= 0.3 is 0 Å². The van der Waals surface area contributed by atoms with Gasteiger partial charge in [-0.2, -0.15) is 5.10 Å². The van der Waals surface area contributed by atoms with E-state index in [4.69, 9.17) is 0 Å². The predicted octanol–water partition coefficient (Wildman–Crippen LogP) is 3.76. The molecule has 0 aliphatic heterocycles. The second-order valence-electron chi connectivity index (χ2n) is 4.68. The summed E-state index contributed by atoms with van der Waals surface area (Å²) in [6, 6.07) is 12.4. The zero-order chi connectivity index (χ0) is 13.2. The molecule has 3 heteroatoms. The van der Waals surface area contributed by atoms with Crippen LogP contribution in [0.25, 0.3) is 22.4 Å². The number of pyridine rings is 1. The van der Waals surface area contributed by atoms with Crippen molar-refractivity contribution in [2.75, 3.05) is 0 Å². The molecule has 2 heterocycles. The van der Waals surface area contributed by atoms with Crippen molar-refractivity contribution in [2.24, 2.45) is 0 Å². The minimum atomic E-state index is 0.993. The normalized spacial score (nSPS) is 10.6. The van der Waals surface area contributed by atoms with Crippen LogP contribution in [0.2, 0.25) is 0 Å². The lowest BCUT2D eigenvalue weighted by Gasteiger charge is -2.05. The Morgan fingerprint density at radius 1 is 0.947 bits per heavy atom. The highest BCUT2D eigenvalue weighted by molar-refractivity contribution is 5.82. The van der Waals surface area contributed by atoms with Crippen LogP contribution < -0.4 is 0 Å². The van der Waals surface area contributed by atoms with E-state index < -0.39 is 0 Å². The summed E-state index contributed by atoms with van der Waals surface area (Å²) < 4.78 is 0. The zero-order valence-electron chi connectivity index (χ0n) is 11.0. The monoisotopic (exact) mass is 249 g/mol. The number of H-pyrrole nitrogens is 1. The standard InChI is InChI=1S/C16H15N3/c1-11-4-3-5-14(10-11)16-15(12(2)18-19-16)13-6-8-17-9-7-13/h3-10H,1-2H3,(H,18,19). The lowest BCUT2D eigenvalue weighted by molar-refractivity contribution is 1.05. The lowest BCUT2D eigenvalue weighted by Crippen LogP contribution is -1.85. The fourth-order valence-corrected chi connectivity index (χ4v) is 2.30.